The third-order valence-electron chi connectivity index (χ3n) is 13.3. The maximum Gasteiger partial charge on any atom is 0.306 e. The number of aliphatic hydroxyl groups is 5. The van der Waals surface area contributed by atoms with Gasteiger partial charge in [0.15, 0.2) is 12.4 Å². The highest BCUT2D eigenvalue weighted by Crippen LogP contribution is 2.26. The molecule has 0 bridgehead atoms. The first kappa shape index (κ1) is 67.9. The van der Waals surface area contributed by atoms with Crippen molar-refractivity contribution < 1.29 is 49.3 Å². The molecule has 1 rings (SSSR count). The number of carbonyl (C=O) groups is 2. The molecule has 420 valence electrons. The Hall–Kier alpha value is -3.16. The zero-order chi connectivity index (χ0) is 53.3. The molecule has 0 aromatic rings. The normalized spacial score (nSPS) is 20.0. The van der Waals surface area contributed by atoms with E-state index >= 15 is 0 Å². The minimum atomic E-state index is -1.62. The van der Waals surface area contributed by atoms with E-state index in [0.29, 0.717) is 12.8 Å². The summed E-state index contributed by atoms with van der Waals surface area (Å²) in [6, 6.07) is -1.04. The quantitative estimate of drug-likeness (QED) is 0.0149. The van der Waals surface area contributed by atoms with Gasteiger partial charge in [-0.3, -0.25) is 9.59 Å². The lowest BCUT2D eigenvalue weighted by Gasteiger charge is -2.41. The Labute approximate surface area is 444 Å². The molecule has 1 fully saturated rings. The van der Waals surface area contributed by atoms with Gasteiger partial charge in [-0.25, -0.2) is 0 Å². The van der Waals surface area contributed by atoms with Crippen LogP contribution in [0.3, 0.4) is 0 Å². The molecule has 0 saturated carbocycles. The molecule has 11 nitrogen and oxygen atoms in total. The monoisotopic (exact) mass is 1030 g/mol. The number of aliphatic hydroxyl groups excluding tert-OH is 5. The van der Waals surface area contributed by atoms with Gasteiger partial charge < -0.3 is 45.1 Å². The molecule has 1 saturated heterocycles. The smallest absolute Gasteiger partial charge is 0.306 e. The van der Waals surface area contributed by atoms with E-state index in [-0.39, 0.29) is 19.4 Å². The fourth-order valence-corrected chi connectivity index (χ4v) is 8.66. The van der Waals surface area contributed by atoms with Gasteiger partial charge in [-0.2, -0.15) is 0 Å². The molecule has 11 heteroatoms. The predicted octanol–water partition coefficient (Wildman–Crippen LogP) is 13.4. The van der Waals surface area contributed by atoms with Crippen LogP contribution in [-0.2, 0) is 23.8 Å². The van der Waals surface area contributed by atoms with Crippen LogP contribution in [0.5, 0.6) is 0 Å². The van der Waals surface area contributed by atoms with E-state index in [1.807, 2.05) is 30.4 Å². The van der Waals surface area contributed by atoms with Crippen molar-refractivity contribution in [2.75, 3.05) is 13.2 Å². The second-order valence-corrected chi connectivity index (χ2v) is 20.1. The number of hydrogen-bond acceptors (Lipinski definition) is 10. The van der Waals surface area contributed by atoms with Crippen molar-refractivity contribution >= 4 is 11.9 Å². The number of unbranched alkanes of at least 4 members (excludes halogenated alkanes) is 24. The van der Waals surface area contributed by atoms with Crippen LogP contribution in [0.4, 0.5) is 0 Å². The van der Waals surface area contributed by atoms with Gasteiger partial charge in [0.05, 0.1) is 25.4 Å². The summed E-state index contributed by atoms with van der Waals surface area (Å²) in [4.78, 5) is 26.4. The van der Waals surface area contributed by atoms with Crippen LogP contribution >= 0.6 is 0 Å². The van der Waals surface area contributed by atoms with Crippen LogP contribution in [0.25, 0.3) is 0 Å². The van der Waals surface area contributed by atoms with Crippen LogP contribution in [-0.4, -0.2) is 99.6 Å². The highest BCUT2D eigenvalue weighted by molar-refractivity contribution is 5.80. The number of amides is 1. The Bertz CT molecular complexity index is 1510. The number of hydrogen-bond donors (Lipinski definition) is 6. The number of rotatable bonds is 48. The second kappa shape index (κ2) is 49.7. The molecule has 1 aliphatic rings. The Morgan fingerprint density at radius 2 is 1.04 bits per heavy atom. The van der Waals surface area contributed by atoms with Crippen molar-refractivity contribution in [3.8, 4) is 0 Å². The second-order valence-electron chi connectivity index (χ2n) is 20.1. The highest BCUT2D eigenvalue weighted by Gasteiger charge is 2.47. The third kappa shape index (κ3) is 38.1. The average Bonchev–Trinajstić information content (AvgIpc) is 3.39. The van der Waals surface area contributed by atoms with Crippen molar-refractivity contribution in [1.82, 2.24) is 5.32 Å². The van der Waals surface area contributed by atoms with Gasteiger partial charge in [0.2, 0.25) is 5.91 Å². The topological polar surface area (TPSA) is 175 Å². The number of allylic oxidation sites excluding steroid dienone is 13. The fourth-order valence-electron chi connectivity index (χ4n) is 8.66. The van der Waals surface area contributed by atoms with E-state index in [4.69, 9.17) is 14.2 Å². The minimum Gasteiger partial charge on any atom is -0.454 e. The van der Waals surface area contributed by atoms with Gasteiger partial charge in [0.1, 0.15) is 24.4 Å². The molecule has 0 aromatic heterocycles. The lowest BCUT2D eigenvalue weighted by atomic mass is 9.99. The van der Waals surface area contributed by atoms with Crippen LogP contribution in [0.15, 0.2) is 85.1 Å². The first-order valence-electron chi connectivity index (χ1n) is 29.4. The molecule has 1 heterocycles. The largest absolute Gasteiger partial charge is 0.454 e. The molecule has 0 aromatic carbocycles. The first-order chi connectivity index (χ1) is 35.7. The molecule has 6 N–H and O–H groups in total. The highest BCUT2D eigenvalue weighted by atomic mass is 16.7. The summed E-state index contributed by atoms with van der Waals surface area (Å²) in [7, 11) is 0. The molecule has 0 aliphatic carbocycles. The zero-order valence-electron chi connectivity index (χ0n) is 46.2. The van der Waals surface area contributed by atoms with E-state index < -0.39 is 67.4 Å². The standard InChI is InChI=1S/C62H107NO10/c1-4-7-10-13-16-19-22-24-25-26-27-28-29-30-31-32-35-38-41-44-47-50-57(67)73-60-59(69)58(68)56(51-64)72-62(60)71-52-53(54(65)48-45-42-39-36-33-21-18-15-12-9-6-3)63-61(70)55(66)49-46-43-40-37-34-23-20-17-14-11-8-5-2/h8,11,14,16-17,19-20,23-25,27-28,45,48,53-56,58-60,62,64-66,68-69H,4-7,9-10,12-13,15,18,21-22,26,29-44,46-47,49-52H2,1-3H3,(H,63,70)/b11-8+,17-14+,19-16-,23-20-,25-24-,28-27-,48-45+. The lowest BCUT2D eigenvalue weighted by molar-refractivity contribution is -0.305. The van der Waals surface area contributed by atoms with E-state index in [0.717, 1.165) is 103 Å². The van der Waals surface area contributed by atoms with E-state index in [9.17, 15) is 35.1 Å². The minimum absolute atomic E-state index is 0.109. The summed E-state index contributed by atoms with van der Waals surface area (Å²) in [6.07, 6.45) is 53.4. The van der Waals surface area contributed by atoms with Crippen LogP contribution in [0, 0.1) is 0 Å². The molecular formula is C62H107NO10. The van der Waals surface area contributed by atoms with Gasteiger partial charge in [-0.1, -0.05) is 228 Å². The molecule has 73 heavy (non-hydrogen) atoms. The summed E-state index contributed by atoms with van der Waals surface area (Å²) in [6.45, 7) is 5.58. The molecule has 8 atom stereocenters. The zero-order valence-corrected chi connectivity index (χ0v) is 46.2. The SMILES string of the molecule is CC/C=C/C=C/C=C\CCCCCCC(O)C(=O)NC(COC1OC(CO)C(O)C(O)C1OC(=O)CCCCCCCCCC/C=C\C/C=C\C/C=C\CCCCC)C(O)/C=C/CCCCCCCCCCC. The van der Waals surface area contributed by atoms with Gasteiger partial charge >= 0.3 is 5.97 Å². The van der Waals surface area contributed by atoms with Gasteiger partial charge in [0.25, 0.3) is 0 Å². The maximum absolute atomic E-state index is 13.3. The third-order valence-corrected chi connectivity index (χ3v) is 13.3. The number of carbonyl (C=O) groups excluding carboxylic acids is 2. The number of nitrogens with one attached hydrogen (secondary N) is 1. The van der Waals surface area contributed by atoms with E-state index in [1.54, 1.807) is 6.08 Å². The Morgan fingerprint density at radius 1 is 0.562 bits per heavy atom. The Balaban J connectivity index is 2.68. The molecule has 0 spiro atoms. The number of esters is 1. The maximum atomic E-state index is 13.3. The fraction of sp³-hybridized carbons (Fsp3) is 0.742. The van der Waals surface area contributed by atoms with Crippen molar-refractivity contribution in [3.63, 3.8) is 0 Å². The van der Waals surface area contributed by atoms with Crippen LogP contribution in [0.1, 0.15) is 233 Å². The van der Waals surface area contributed by atoms with Crippen molar-refractivity contribution in [2.24, 2.45) is 0 Å². The number of ether oxygens (including phenoxy) is 3. The molecule has 1 aliphatic heterocycles. The van der Waals surface area contributed by atoms with Crippen LogP contribution < -0.4 is 5.32 Å². The molecule has 8 unspecified atom stereocenters. The Kier molecular flexibility index (Phi) is 46.2. The summed E-state index contributed by atoms with van der Waals surface area (Å²) in [5, 5.41) is 56.8. The first-order valence-corrected chi connectivity index (χ1v) is 29.4. The van der Waals surface area contributed by atoms with Crippen LogP contribution in [0.2, 0.25) is 0 Å². The average molecular weight is 1030 g/mol. The summed E-state index contributed by atoms with van der Waals surface area (Å²) in [5.41, 5.74) is 0. The summed E-state index contributed by atoms with van der Waals surface area (Å²) in [5.74, 6) is -1.23. The van der Waals surface area contributed by atoms with E-state index in [2.05, 4.69) is 74.7 Å². The van der Waals surface area contributed by atoms with E-state index in [1.165, 1.54) is 83.5 Å². The van der Waals surface area contributed by atoms with Gasteiger partial charge in [-0.05, 0) is 83.5 Å². The summed E-state index contributed by atoms with van der Waals surface area (Å²) >= 11 is 0. The van der Waals surface area contributed by atoms with Gasteiger partial charge in [0, 0.05) is 6.42 Å². The van der Waals surface area contributed by atoms with Gasteiger partial charge in [-0.15, -0.1) is 0 Å². The Morgan fingerprint density at radius 3 is 1.62 bits per heavy atom. The van der Waals surface area contributed by atoms with Crippen molar-refractivity contribution in [2.45, 2.75) is 282 Å². The lowest BCUT2D eigenvalue weighted by Crippen LogP contribution is -2.61. The molecular weight excluding hydrogens is 919 g/mol. The molecule has 1 amide bonds. The summed E-state index contributed by atoms with van der Waals surface area (Å²) < 4.78 is 17.6. The van der Waals surface area contributed by atoms with Crippen molar-refractivity contribution in [1.29, 1.82) is 0 Å². The van der Waals surface area contributed by atoms with Crippen molar-refractivity contribution in [3.05, 3.63) is 85.1 Å². The molecule has 0 radical (unpaired) electrons. The predicted molar refractivity (Wildman–Crippen MR) is 301 cm³/mol.